The fraction of sp³-hybridized carbons (Fsp3) is 0.529. The number of imidazole rings is 1. The molecule has 1 aromatic carbocycles. The van der Waals surface area contributed by atoms with Gasteiger partial charge in [-0.2, -0.15) is 0 Å². The monoisotopic (exact) mass is 286 g/mol. The predicted molar refractivity (Wildman–Crippen MR) is 82.6 cm³/mol. The molecular weight excluding hydrogens is 264 g/mol. The van der Waals surface area contributed by atoms with Gasteiger partial charge in [-0.05, 0) is 42.9 Å². The van der Waals surface area contributed by atoms with Gasteiger partial charge in [0.05, 0.1) is 16.6 Å². The highest BCUT2D eigenvalue weighted by molar-refractivity contribution is 5.92. The number of carboxylic acids is 1. The molecule has 0 aliphatic heterocycles. The quantitative estimate of drug-likeness (QED) is 0.876. The summed E-state index contributed by atoms with van der Waals surface area (Å²) >= 11 is 0. The van der Waals surface area contributed by atoms with Crippen LogP contribution in [0, 0.1) is 5.41 Å². The van der Waals surface area contributed by atoms with E-state index < -0.39 is 5.97 Å². The van der Waals surface area contributed by atoms with Crippen LogP contribution in [-0.4, -0.2) is 20.6 Å². The SMILES string of the molecule is CCCC1(Cn2c(CC)nc3cc(C(=O)O)ccc32)CC1. The Labute approximate surface area is 124 Å². The number of aromatic carboxylic acids is 1. The van der Waals surface area contributed by atoms with E-state index in [0.717, 1.165) is 29.8 Å². The zero-order valence-corrected chi connectivity index (χ0v) is 12.7. The molecule has 4 heteroatoms. The van der Waals surface area contributed by atoms with Crippen LogP contribution in [0.25, 0.3) is 11.0 Å². The molecule has 1 N–H and O–H groups in total. The van der Waals surface area contributed by atoms with E-state index in [1.54, 1.807) is 12.1 Å². The molecule has 1 aromatic heterocycles. The normalized spacial score (nSPS) is 16.3. The van der Waals surface area contributed by atoms with Crippen LogP contribution in [0.4, 0.5) is 0 Å². The number of rotatable bonds is 6. The maximum atomic E-state index is 11.1. The average molecular weight is 286 g/mol. The first kappa shape index (κ1) is 14.1. The number of hydrogen-bond donors (Lipinski definition) is 1. The zero-order valence-electron chi connectivity index (χ0n) is 12.7. The van der Waals surface area contributed by atoms with Gasteiger partial charge in [-0.3, -0.25) is 0 Å². The number of carboxylic acid groups (broad SMARTS) is 1. The highest BCUT2D eigenvalue weighted by Crippen LogP contribution is 2.51. The maximum absolute atomic E-state index is 11.1. The van der Waals surface area contributed by atoms with Crippen molar-refractivity contribution in [2.75, 3.05) is 0 Å². The first-order valence-corrected chi connectivity index (χ1v) is 7.81. The van der Waals surface area contributed by atoms with Gasteiger partial charge in [-0.25, -0.2) is 9.78 Å². The van der Waals surface area contributed by atoms with Crippen molar-refractivity contribution in [1.82, 2.24) is 9.55 Å². The number of hydrogen-bond acceptors (Lipinski definition) is 2. The van der Waals surface area contributed by atoms with Gasteiger partial charge in [-0.15, -0.1) is 0 Å². The van der Waals surface area contributed by atoms with E-state index in [9.17, 15) is 4.79 Å². The number of benzene rings is 1. The molecule has 1 heterocycles. The Morgan fingerprint density at radius 3 is 2.71 bits per heavy atom. The molecule has 0 amide bonds. The minimum Gasteiger partial charge on any atom is -0.478 e. The van der Waals surface area contributed by atoms with Crippen LogP contribution < -0.4 is 0 Å². The molecule has 0 spiro atoms. The van der Waals surface area contributed by atoms with Crippen molar-refractivity contribution < 1.29 is 9.90 Å². The fourth-order valence-corrected chi connectivity index (χ4v) is 3.29. The Kier molecular flexibility index (Phi) is 3.47. The summed E-state index contributed by atoms with van der Waals surface area (Å²) in [6, 6.07) is 5.28. The van der Waals surface area contributed by atoms with E-state index >= 15 is 0 Å². The molecule has 1 fully saturated rings. The van der Waals surface area contributed by atoms with E-state index in [4.69, 9.17) is 5.11 Å². The summed E-state index contributed by atoms with van der Waals surface area (Å²) in [6.45, 7) is 5.37. The standard InChI is InChI=1S/C17H22N2O2/c1-3-7-17(8-9-17)11-19-14-6-5-12(16(20)21)10-13(14)18-15(19)4-2/h5-6,10H,3-4,7-9,11H2,1-2H3,(H,20,21). The summed E-state index contributed by atoms with van der Waals surface area (Å²) in [6.07, 6.45) is 5.97. The Morgan fingerprint density at radius 2 is 2.14 bits per heavy atom. The second-order valence-electron chi connectivity index (χ2n) is 6.23. The van der Waals surface area contributed by atoms with Crippen molar-refractivity contribution in [3.8, 4) is 0 Å². The Hall–Kier alpha value is -1.84. The van der Waals surface area contributed by atoms with E-state index in [1.807, 2.05) is 6.07 Å². The van der Waals surface area contributed by atoms with Gasteiger partial charge in [0.25, 0.3) is 0 Å². The van der Waals surface area contributed by atoms with E-state index in [-0.39, 0.29) is 0 Å². The fourth-order valence-electron chi connectivity index (χ4n) is 3.29. The van der Waals surface area contributed by atoms with Crippen molar-refractivity contribution in [3.63, 3.8) is 0 Å². The third-order valence-electron chi connectivity index (χ3n) is 4.62. The Morgan fingerprint density at radius 1 is 1.38 bits per heavy atom. The molecule has 2 aromatic rings. The molecule has 0 atom stereocenters. The summed E-state index contributed by atoms with van der Waals surface area (Å²) in [7, 11) is 0. The number of fused-ring (bicyclic) bond motifs is 1. The topological polar surface area (TPSA) is 55.1 Å². The molecule has 1 saturated carbocycles. The van der Waals surface area contributed by atoms with Gasteiger partial charge in [-0.1, -0.05) is 20.3 Å². The van der Waals surface area contributed by atoms with Gasteiger partial charge in [0.1, 0.15) is 5.82 Å². The van der Waals surface area contributed by atoms with Gasteiger partial charge in [0, 0.05) is 13.0 Å². The molecule has 112 valence electrons. The molecule has 0 saturated heterocycles. The highest BCUT2D eigenvalue weighted by Gasteiger charge is 2.42. The van der Waals surface area contributed by atoms with Crippen molar-refractivity contribution >= 4 is 17.0 Å². The Balaban J connectivity index is 2.02. The van der Waals surface area contributed by atoms with E-state index in [0.29, 0.717) is 11.0 Å². The van der Waals surface area contributed by atoms with Crippen molar-refractivity contribution in [1.29, 1.82) is 0 Å². The molecule has 3 rings (SSSR count). The first-order valence-electron chi connectivity index (χ1n) is 7.81. The van der Waals surface area contributed by atoms with Crippen molar-refractivity contribution in [2.24, 2.45) is 5.41 Å². The van der Waals surface area contributed by atoms with Gasteiger partial charge in [0.2, 0.25) is 0 Å². The molecule has 21 heavy (non-hydrogen) atoms. The average Bonchev–Trinajstić information content (AvgIpc) is 3.13. The van der Waals surface area contributed by atoms with Crippen LogP contribution in [0.1, 0.15) is 55.7 Å². The van der Waals surface area contributed by atoms with Crippen molar-refractivity contribution in [3.05, 3.63) is 29.6 Å². The van der Waals surface area contributed by atoms with Gasteiger partial charge >= 0.3 is 5.97 Å². The summed E-state index contributed by atoms with van der Waals surface area (Å²) in [4.78, 5) is 15.7. The second kappa shape index (κ2) is 5.17. The largest absolute Gasteiger partial charge is 0.478 e. The van der Waals surface area contributed by atoms with E-state index in [2.05, 4.69) is 23.4 Å². The third kappa shape index (κ3) is 2.55. The summed E-state index contributed by atoms with van der Waals surface area (Å²) in [5.41, 5.74) is 2.64. The molecule has 4 nitrogen and oxygen atoms in total. The lowest BCUT2D eigenvalue weighted by Crippen LogP contribution is -2.13. The lowest BCUT2D eigenvalue weighted by molar-refractivity contribution is 0.0697. The minimum atomic E-state index is -0.894. The van der Waals surface area contributed by atoms with Gasteiger partial charge < -0.3 is 9.67 Å². The molecule has 0 unspecified atom stereocenters. The highest BCUT2D eigenvalue weighted by atomic mass is 16.4. The van der Waals surface area contributed by atoms with Crippen molar-refractivity contribution in [2.45, 2.75) is 52.5 Å². The minimum absolute atomic E-state index is 0.310. The van der Waals surface area contributed by atoms with Crippen LogP contribution in [0.15, 0.2) is 18.2 Å². The van der Waals surface area contributed by atoms with Crippen LogP contribution in [0.5, 0.6) is 0 Å². The van der Waals surface area contributed by atoms with Gasteiger partial charge in [0.15, 0.2) is 0 Å². The maximum Gasteiger partial charge on any atom is 0.335 e. The molecule has 1 aliphatic carbocycles. The van der Waals surface area contributed by atoms with Crippen LogP contribution in [-0.2, 0) is 13.0 Å². The third-order valence-corrected chi connectivity index (χ3v) is 4.62. The van der Waals surface area contributed by atoms with Crippen LogP contribution in [0.2, 0.25) is 0 Å². The molecule has 1 aliphatic rings. The second-order valence-corrected chi connectivity index (χ2v) is 6.23. The zero-order chi connectivity index (χ0) is 15.0. The number of aryl methyl sites for hydroxylation is 1. The molecule has 0 bridgehead atoms. The lowest BCUT2D eigenvalue weighted by Gasteiger charge is -2.17. The Bertz CT molecular complexity index is 683. The summed E-state index contributed by atoms with van der Waals surface area (Å²) in [5, 5.41) is 9.11. The van der Waals surface area contributed by atoms with Crippen LogP contribution >= 0.6 is 0 Å². The predicted octanol–water partition coefficient (Wildman–Crippen LogP) is 3.88. The lowest BCUT2D eigenvalue weighted by atomic mass is 10.0. The molecule has 0 radical (unpaired) electrons. The number of carbonyl (C=O) groups is 1. The summed E-state index contributed by atoms with van der Waals surface area (Å²) in [5.74, 6) is 0.170. The van der Waals surface area contributed by atoms with Crippen LogP contribution in [0.3, 0.4) is 0 Å². The first-order chi connectivity index (χ1) is 10.1. The summed E-state index contributed by atoms with van der Waals surface area (Å²) < 4.78 is 2.31. The number of nitrogens with zero attached hydrogens (tertiary/aromatic N) is 2. The van der Waals surface area contributed by atoms with E-state index in [1.165, 1.54) is 25.7 Å². The smallest absolute Gasteiger partial charge is 0.335 e. The molecular formula is C17H22N2O2. The number of aromatic nitrogens is 2.